The summed E-state index contributed by atoms with van der Waals surface area (Å²) >= 11 is 0. The normalized spacial score (nSPS) is 15.0. The molecule has 0 saturated carbocycles. The van der Waals surface area contributed by atoms with Crippen LogP contribution in [-0.4, -0.2) is 8.07 Å². The minimum atomic E-state index is -1.63. The number of aryl methyl sites for hydroxylation is 3. The quantitative estimate of drug-likeness (QED) is 0.316. The van der Waals surface area contributed by atoms with Crippen molar-refractivity contribution in [2.75, 3.05) is 0 Å². The average Bonchev–Trinajstić information content (AvgIpc) is 2.76. The summed E-state index contributed by atoms with van der Waals surface area (Å²) in [6, 6.07) is 6.14. The van der Waals surface area contributed by atoms with Gasteiger partial charge in [0.2, 0.25) is 0 Å². The van der Waals surface area contributed by atoms with Crippen molar-refractivity contribution < 1.29 is 58.9 Å². The molecule has 0 heterocycles. The first-order valence-corrected chi connectivity index (χ1v) is 11.4. The number of rotatable bonds is 5. The fourth-order valence-electron chi connectivity index (χ4n) is 4.33. The summed E-state index contributed by atoms with van der Waals surface area (Å²) in [4.78, 5) is 0. The van der Waals surface area contributed by atoms with E-state index in [1.54, 1.807) is 10.4 Å². The Morgan fingerprint density at radius 2 is 1.46 bits per heavy atom. The molecule has 26 heavy (non-hydrogen) atoms. The summed E-state index contributed by atoms with van der Waals surface area (Å²) in [6.07, 6.45) is 7.29. The van der Waals surface area contributed by atoms with Crippen molar-refractivity contribution in [3.8, 4) is 0 Å². The Bertz CT molecular complexity index is 630. The van der Waals surface area contributed by atoms with Crippen LogP contribution in [0.3, 0.4) is 0 Å². The Morgan fingerprint density at radius 3 is 1.85 bits per heavy atom. The number of unbranched alkanes of at least 4 members (excludes halogenated alkanes) is 1. The molecule has 2 rings (SSSR count). The van der Waals surface area contributed by atoms with Crippen LogP contribution >= 0.6 is 0 Å². The standard InChI is InChI=1S/C21H31Si.3ClH.Ti/c1-8-9-12-22(7,20-11-10-16(3)19(20)6)21-17(4)13-15(2)14-18(21)5;;;;/h13-14H,8-9,11-12H2,1-7H3;3*1H;/q-1;;;;+4/p-3. The van der Waals surface area contributed by atoms with E-state index in [0.717, 1.165) is 6.42 Å². The number of allylic oxidation sites excluding steroid dienone is 4. The molecule has 1 aliphatic carbocycles. The monoisotopic (exact) mass is 464 g/mol. The molecular formula is C21H31Cl3SiTi. The third-order valence-corrected chi connectivity index (χ3v) is 10.6. The second kappa shape index (κ2) is 12.9. The third kappa shape index (κ3) is 6.26. The molecule has 0 aromatic heterocycles. The molecule has 1 aromatic carbocycles. The van der Waals surface area contributed by atoms with Crippen molar-refractivity contribution in [2.24, 2.45) is 0 Å². The predicted molar refractivity (Wildman–Crippen MR) is 101 cm³/mol. The van der Waals surface area contributed by atoms with Crippen LogP contribution in [0.25, 0.3) is 0 Å². The van der Waals surface area contributed by atoms with E-state index >= 15 is 0 Å². The van der Waals surface area contributed by atoms with Gasteiger partial charge in [-0.1, -0.05) is 73.3 Å². The second-order valence-corrected chi connectivity index (χ2v) is 11.6. The zero-order chi connectivity index (χ0) is 16.5. The molecule has 0 fully saturated rings. The summed E-state index contributed by atoms with van der Waals surface area (Å²) in [7, 11) is -1.63. The molecule has 0 bridgehead atoms. The Kier molecular flexibility index (Phi) is 15.4. The maximum absolute atomic E-state index is 3.60. The second-order valence-electron chi connectivity index (χ2n) is 7.29. The molecule has 144 valence electrons. The van der Waals surface area contributed by atoms with Crippen LogP contribution < -0.4 is 42.4 Å². The van der Waals surface area contributed by atoms with Crippen LogP contribution in [0.2, 0.25) is 12.6 Å². The number of hydrogen-bond donors (Lipinski definition) is 0. The maximum atomic E-state index is 3.60. The summed E-state index contributed by atoms with van der Waals surface area (Å²) in [5.74, 6) is 0. The molecule has 1 atom stereocenters. The van der Waals surface area contributed by atoms with Gasteiger partial charge < -0.3 is 37.2 Å². The van der Waals surface area contributed by atoms with Gasteiger partial charge in [0, 0.05) is 0 Å². The van der Waals surface area contributed by atoms with Gasteiger partial charge in [0.05, 0.1) is 8.07 Å². The van der Waals surface area contributed by atoms with Gasteiger partial charge in [-0.2, -0.15) is 5.20 Å². The molecule has 0 N–H and O–H groups in total. The van der Waals surface area contributed by atoms with E-state index in [-0.39, 0.29) is 58.9 Å². The van der Waals surface area contributed by atoms with Crippen molar-refractivity contribution in [1.82, 2.24) is 0 Å². The topological polar surface area (TPSA) is 0 Å². The molecule has 0 radical (unpaired) electrons. The van der Waals surface area contributed by atoms with E-state index in [1.165, 1.54) is 46.7 Å². The summed E-state index contributed by atoms with van der Waals surface area (Å²) in [5.41, 5.74) is 7.32. The molecule has 1 aliphatic rings. The van der Waals surface area contributed by atoms with Gasteiger partial charge in [-0.15, -0.1) is 13.3 Å². The third-order valence-electron chi connectivity index (χ3n) is 5.47. The molecule has 0 saturated heterocycles. The van der Waals surface area contributed by atoms with E-state index in [2.05, 4.69) is 66.3 Å². The number of benzene rings is 1. The first kappa shape index (κ1) is 31.2. The smallest absolute Gasteiger partial charge is 1.00 e. The Labute approximate surface area is 195 Å². The molecule has 0 amide bonds. The molecule has 5 heteroatoms. The van der Waals surface area contributed by atoms with E-state index in [4.69, 9.17) is 0 Å². The van der Waals surface area contributed by atoms with Gasteiger partial charge >= 0.3 is 21.7 Å². The van der Waals surface area contributed by atoms with Crippen molar-refractivity contribution in [2.45, 2.75) is 73.4 Å². The first-order chi connectivity index (χ1) is 10.3. The minimum Gasteiger partial charge on any atom is -1.00 e. The SMILES string of the molecule is CCCC[Si](C)(C1=C(C)C(C)=[C-]C1)c1c(C)cc(C)cc1C.[Cl-].[Cl-].[Cl-].[Ti+4]. The Balaban J connectivity index is -0.00000132. The number of hydrogen-bond acceptors (Lipinski definition) is 0. The minimum absolute atomic E-state index is 0. The van der Waals surface area contributed by atoms with Crippen LogP contribution in [0.5, 0.6) is 0 Å². The van der Waals surface area contributed by atoms with Crippen molar-refractivity contribution in [1.29, 1.82) is 0 Å². The van der Waals surface area contributed by atoms with Gasteiger partial charge in [0.15, 0.2) is 0 Å². The fourth-order valence-corrected chi connectivity index (χ4v) is 9.62. The molecule has 0 nitrogen and oxygen atoms in total. The van der Waals surface area contributed by atoms with Crippen LogP contribution in [-0.2, 0) is 21.7 Å². The number of halogens is 3. The molecule has 0 spiro atoms. The van der Waals surface area contributed by atoms with Gasteiger partial charge in [0.1, 0.15) is 0 Å². The van der Waals surface area contributed by atoms with Crippen LogP contribution in [0.1, 0.15) is 56.7 Å². The molecule has 1 unspecified atom stereocenters. The van der Waals surface area contributed by atoms with Gasteiger partial charge in [-0.05, 0) is 20.8 Å². The summed E-state index contributed by atoms with van der Waals surface area (Å²) in [5, 5.41) is 3.42. The van der Waals surface area contributed by atoms with Crippen LogP contribution in [0.4, 0.5) is 0 Å². The molecule has 0 aliphatic heterocycles. The van der Waals surface area contributed by atoms with E-state index in [0.29, 0.717) is 0 Å². The van der Waals surface area contributed by atoms with Crippen molar-refractivity contribution in [3.05, 3.63) is 51.2 Å². The zero-order valence-corrected chi connectivity index (χ0v) is 21.9. The predicted octanol–water partition coefficient (Wildman–Crippen LogP) is -3.28. The van der Waals surface area contributed by atoms with E-state index < -0.39 is 8.07 Å². The fraction of sp³-hybridized carbons (Fsp3) is 0.524. The first-order valence-electron chi connectivity index (χ1n) is 8.67. The van der Waals surface area contributed by atoms with Gasteiger partial charge in [0.25, 0.3) is 0 Å². The van der Waals surface area contributed by atoms with Gasteiger partial charge in [-0.3, -0.25) is 6.08 Å². The Morgan fingerprint density at radius 1 is 0.962 bits per heavy atom. The van der Waals surface area contributed by atoms with Crippen molar-refractivity contribution in [3.63, 3.8) is 0 Å². The zero-order valence-electron chi connectivity index (χ0n) is 17.1. The van der Waals surface area contributed by atoms with E-state index in [9.17, 15) is 0 Å². The van der Waals surface area contributed by atoms with E-state index in [1.807, 2.05) is 0 Å². The largest absolute Gasteiger partial charge is 4.00 e. The molecule has 1 aromatic rings. The maximum Gasteiger partial charge on any atom is 4.00 e. The van der Waals surface area contributed by atoms with Gasteiger partial charge in [-0.25, -0.2) is 11.1 Å². The summed E-state index contributed by atoms with van der Waals surface area (Å²) in [6.45, 7) is 16.3. The Hall–Kier alpha value is 0.501. The average molecular weight is 466 g/mol. The summed E-state index contributed by atoms with van der Waals surface area (Å²) < 4.78 is 0. The van der Waals surface area contributed by atoms with Crippen LogP contribution in [0.15, 0.2) is 28.5 Å². The molecular weight excluding hydrogens is 435 g/mol. The van der Waals surface area contributed by atoms with Crippen molar-refractivity contribution >= 4 is 13.3 Å². The van der Waals surface area contributed by atoms with Crippen LogP contribution in [0, 0.1) is 26.8 Å².